The van der Waals surface area contributed by atoms with E-state index in [0.717, 1.165) is 11.1 Å². The number of rotatable bonds is 2. The van der Waals surface area contributed by atoms with E-state index in [4.69, 9.17) is 5.84 Å². The predicted octanol–water partition coefficient (Wildman–Crippen LogP) is 1.10. The minimum Gasteiger partial charge on any atom is -0.271 e. The lowest BCUT2D eigenvalue weighted by Gasteiger charge is -2.01. The number of benzene rings is 1. The van der Waals surface area contributed by atoms with Crippen LogP contribution in [-0.4, -0.2) is 0 Å². The maximum Gasteiger partial charge on any atom is 0.123 e. The first kappa shape index (κ1) is 8.17. The third-order valence-corrected chi connectivity index (χ3v) is 1.41. The van der Waals surface area contributed by atoms with Crippen LogP contribution < -0.4 is 11.3 Å². The van der Waals surface area contributed by atoms with Gasteiger partial charge in [0.15, 0.2) is 0 Å². The highest BCUT2D eigenvalue weighted by atomic mass is 19.1. The predicted molar refractivity (Wildman–Crippen MR) is 42.2 cm³/mol. The van der Waals surface area contributed by atoms with Crippen LogP contribution in [0.3, 0.4) is 0 Å². The molecule has 2 nitrogen and oxygen atoms in total. The molecule has 0 bridgehead atoms. The van der Waals surface area contributed by atoms with Crippen molar-refractivity contribution in [2.24, 2.45) is 5.84 Å². The molecule has 0 heterocycles. The minimum atomic E-state index is -0.213. The molecular formula is C8H11FN2. The summed E-state index contributed by atoms with van der Waals surface area (Å²) in [6.07, 6.45) is 0. The molecule has 0 aromatic heterocycles. The van der Waals surface area contributed by atoms with E-state index >= 15 is 0 Å². The number of nitrogens with one attached hydrogen (secondary N) is 1. The van der Waals surface area contributed by atoms with E-state index in [1.807, 2.05) is 13.0 Å². The monoisotopic (exact) mass is 154 g/mol. The van der Waals surface area contributed by atoms with E-state index in [1.165, 1.54) is 12.1 Å². The lowest BCUT2D eigenvalue weighted by Crippen LogP contribution is -2.20. The fourth-order valence-corrected chi connectivity index (χ4v) is 1.03. The Morgan fingerprint density at radius 1 is 1.45 bits per heavy atom. The van der Waals surface area contributed by atoms with Gasteiger partial charge >= 0.3 is 0 Å². The highest BCUT2D eigenvalue weighted by molar-refractivity contribution is 5.23. The van der Waals surface area contributed by atoms with Gasteiger partial charge in [-0.2, -0.15) is 0 Å². The lowest BCUT2D eigenvalue weighted by molar-refractivity contribution is 0.621. The Bertz CT molecular complexity index is 228. The molecule has 0 aliphatic heterocycles. The summed E-state index contributed by atoms with van der Waals surface area (Å²) in [7, 11) is 0. The Morgan fingerprint density at radius 2 is 2.18 bits per heavy atom. The topological polar surface area (TPSA) is 38.0 Å². The molecule has 0 aliphatic carbocycles. The van der Waals surface area contributed by atoms with Crippen LogP contribution in [0, 0.1) is 12.7 Å². The second-order valence-corrected chi connectivity index (χ2v) is 2.52. The van der Waals surface area contributed by atoms with Gasteiger partial charge in [0, 0.05) is 6.54 Å². The molecule has 1 rings (SSSR count). The Hall–Kier alpha value is -0.930. The number of aryl methyl sites for hydroxylation is 1. The third kappa shape index (κ3) is 2.29. The van der Waals surface area contributed by atoms with Crippen LogP contribution in [0.1, 0.15) is 11.1 Å². The van der Waals surface area contributed by atoms with Crippen LogP contribution in [0.15, 0.2) is 18.2 Å². The average Bonchev–Trinajstić information content (AvgIpc) is 1.85. The summed E-state index contributed by atoms with van der Waals surface area (Å²) in [4.78, 5) is 0. The van der Waals surface area contributed by atoms with Gasteiger partial charge in [-0.15, -0.1) is 0 Å². The van der Waals surface area contributed by atoms with Crippen molar-refractivity contribution in [1.29, 1.82) is 0 Å². The second kappa shape index (κ2) is 3.46. The SMILES string of the molecule is Cc1cc(F)cc(CNN)c1. The molecule has 0 fully saturated rings. The van der Waals surface area contributed by atoms with Gasteiger partial charge in [0.05, 0.1) is 0 Å². The van der Waals surface area contributed by atoms with Crippen LogP contribution in [0.5, 0.6) is 0 Å². The first-order valence-electron chi connectivity index (χ1n) is 3.42. The van der Waals surface area contributed by atoms with Crippen molar-refractivity contribution in [1.82, 2.24) is 5.43 Å². The van der Waals surface area contributed by atoms with E-state index in [-0.39, 0.29) is 5.82 Å². The Kier molecular flexibility index (Phi) is 2.57. The van der Waals surface area contributed by atoms with Gasteiger partial charge in [-0.3, -0.25) is 11.3 Å². The van der Waals surface area contributed by atoms with Crippen molar-refractivity contribution in [3.05, 3.63) is 35.1 Å². The molecule has 0 atom stereocenters. The zero-order valence-electron chi connectivity index (χ0n) is 6.39. The second-order valence-electron chi connectivity index (χ2n) is 2.52. The molecule has 1 aromatic rings. The van der Waals surface area contributed by atoms with Gasteiger partial charge in [0.25, 0.3) is 0 Å². The van der Waals surface area contributed by atoms with E-state index in [9.17, 15) is 4.39 Å². The summed E-state index contributed by atoms with van der Waals surface area (Å²) in [5.74, 6) is 4.88. The van der Waals surface area contributed by atoms with Crippen molar-refractivity contribution in [2.45, 2.75) is 13.5 Å². The Balaban J connectivity index is 2.89. The molecule has 60 valence electrons. The summed E-state index contributed by atoms with van der Waals surface area (Å²) < 4.78 is 12.7. The third-order valence-electron chi connectivity index (χ3n) is 1.41. The molecule has 3 heteroatoms. The van der Waals surface area contributed by atoms with Gasteiger partial charge in [-0.1, -0.05) is 6.07 Å². The number of hydrazine groups is 1. The molecule has 0 saturated carbocycles. The van der Waals surface area contributed by atoms with Gasteiger partial charge in [0.2, 0.25) is 0 Å². The van der Waals surface area contributed by atoms with E-state index in [2.05, 4.69) is 5.43 Å². The molecule has 1 aromatic carbocycles. The normalized spacial score (nSPS) is 10.1. The molecular weight excluding hydrogens is 143 g/mol. The number of halogens is 1. The van der Waals surface area contributed by atoms with E-state index in [0.29, 0.717) is 6.54 Å². The molecule has 0 unspecified atom stereocenters. The highest BCUT2D eigenvalue weighted by Gasteiger charge is 1.95. The summed E-state index contributed by atoms with van der Waals surface area (Å²) >= 11 is 0. The summed E-state index contributed by atoms with van der Waals surface area (Å²) in [5.41, 5.74) is 4.25. The van der Waals surface area contributed by atoms with Crippen molar-refractivity contribution in [2.75, 3.05) is 0 Å². The molecule has 11 heavy (non-hydrogen) atoms. The van der Waals surface area contributed by atoms with E-state index in [1.54, 1.807) is 0 Å². The Labute approximate surface area is 65.2 Å². The first-order valence-corrected chi connectivity index (χ1v) is 3.42. The highest BCUT2D eigenvalue weighted by Crippen LogP contribution is 2.07. The standard InChI is InChI=1S/C8H11FN2/c1-6-2-7(5-11-10)4-8(9)3-6/h2-4,11H,5,10H2,1H3. The Morgan fingerprint density at radius 3 is 2.73 bits per heavy atom. The van der Waals surface area contributed by atoms with Crippen LogP contribution in [0.25, 0.3) is 0 Å². The molecule has 0 amide bonds. The average molecular weight is 154 g/mol. The maximum absolute atomic E-state index is 12.7. The fourth-order valence-electron chi connectivity index (χ4n) is 1.03. The molecule has 3 N–H and O–H groups in total. The fraction of sp³-hybridized carbons (Fsp3) is 0.250. The van der Waals surface area contributed by atoms with Crippen LogP contribution >= 0.6 is 0 Å². The maximum atomic E-state index is 12.7. The summed E-state index contributed by atoms with van der Waals surface area (Å²) in [5, 5.41) is 0. The van der Waals surface area contributed by atoms with E-state index < -0.39 is 0 Å². The van der Waals surface area contributed by atoms with Crippen molar-refractivity contribution >= 4 is 0 Å². The van der Waals surface area contributed by atoms with Crippen LogP contribution in [-0.2, 0) is 6.54 Å². The number of hydrogen-bond acceptors (Lipinski definition) is 2. The zero-order valence-corrected chi connectivity index (χ0v) is 6.39. The smallest absolute Gasteiger partial charge is 0.123 e. The zero-order chi connectivity index (χ0) is 8.27. The van der Waals surface area contributed by atoms with Crippen molar-refractivity contribution < 1.29 is 4.39 Å². The summed E-state index contributed by atoms with van der Waals surface area (Å²) in [6.45, 7) is 2.35. The van der Waals surface area contributed by atoms with Crippen LogP contribution in [0.2, 0.25) is 0 Å². The van der Waals surface area contributed by atoms with Crippen LogP contribution in [0.4, 0.5) is 4.39 Å². The summed E-state index contributed by atoms with van der Waals surface area (Å²) in [6, 6.07) is 4.84. The first-order chi connectivity index (χ1) is 5.22. The quantitative estimate of drug-likeness (QED) is 0.494. The van der Waals surface area contributed by atoms with Gasteiger partial charge in [-0.05, 0) is 30.2 Å². The van der Waals surface area contributed by atoms with Crippen molar-refractivity contribution in [3.8, 4) is 0 Å². The number of hydrogen-bond donors (Lipinski definition) is 2. The van der Waals surface area contributed by atoms with Gasteiger partial charge < -0.3 is 0 Å². The largest absolute Gasteiger partial charge is 0.271 e. The van der Waals surface area contributed by atoms with Gasteiger partial charge in [0.1, 0.15) is 5.82 Å². The molecule has 0 spiro atoms. The van der Waals surface area contributed by atoms with Gasteiger partial charge in [-0.25, -0.2) is 4.39 Å². The molecule has 0 saturated heterocycles. The van der Waals surface area contributed by atoms with Crippen molar-refractivity contribution in [3.63, 3.8) is 0 Å². The molecule has 0 radical (unpaired) electrons. The lowest BCUT2D eigenvalue weighted by atomic mass is 10.1. The minimum absolute atomic E-state index is 0.213. The molecule has 0 aliphatic rings. The number of nitrogens with two attached hydrogens (primary N) is 1.